The number of nitrogens with one attached hydrogen (secondary N) is 1. The molecule has 2 bridgehead atoms. The zero-order valence-electron chi connectivity index (χ0n) is 7.62. The third-order valence-corrected chi connectivity index (χ3v) is 3.75. The van der Waals surface area contributed by atoms with Crippen LogP contribution in [0.3, 0.4) is 0 Å². The summed E-state index contributed by atoms with van der Waals surface area (Å²) >= 11 is 0. The highest BCUT2D eigenvalue weighted by molar-refractivity contribution is 6.05. The van der Waals surface area contributed by atoms with E-state index >= 15 is 0 Å². The number of fused-ring (bicyclic) bond motifs is 2. The molecule has 3 nitrogen and oxygen atoms in total. The fourth-order valence-corrected chi connectivity index (χ4v) is 3.17. The highest BCUT2D eigenvalue weighted by atomic mass is 16.2. The lowest BCUT2D eigenvalue weighted by molar-refractivity contribution is -0.117. The molecule has 0 aromatic heterocycles. The van der Waals surface area contributed by atoms with Crippen LogP contribution >= 0.6 is 0 Å². The lowest BCUT2D eigenvalue weighted by atomic mass is 9.88. The predicted octanol–water partition coefficient (Wildman–Crippen LogP) is 0.951. The van der Waals surface area contributed by atoms with Crippen molar-refractivity contribution in [1.82, 2.24) is 5.32 Å². The Morgan fingerprint density at radius 3 is 2.77 bits per heavy atom. The number of amidine groups is 1. The van der Waals surface area contributed by atoms with Crippen LogP contribution in [-0.4, -0.2) is 18.3 Å². The lowest BCUT2D eigenvalue weighted by Gasteiger charge is -2.21. The summed E-state index contributed by atoms with van der Waals surface area (Å²) in [6.07, 6.45) is 5.40. The van der Waals surface area contributed by atoms with E-state index in [4.69, 9.17) is 0 Å². The Morgan fingerprint density at radius 2 is 2.23 bits per heavy atom. The first-order chi connectivity index (χ1) is 6.33. The molecular weight excluding hydrogens is 164 g/mol. The molecule has 13 heavy (non-hydrogen) atoms. The van der Waals surface area contributed by atoms with Gasteiger partial charge in [-0.1, -0.05) is 6.42 Å². The Morgan fingerprint density at radius 1 is 1.31 bits per heavy atom. The smallest absolute Gasteiger partial charge is 0.247 e. The van der Waals surface area contributed by atoms with E-state index in [0.29, 0.717) is 12.5 Å². The molecule has 1 amide bonds. The molecule has 0 aromatic carbocycles. The number of aliphatic imine (C=N–C) groups is 1. The molecule has 70 valence electrons. The Balaban J connectivity index is 1.76. The maximum atomic E-state index is 11.0. The van der Waals surface area contributed by atoms with Crippen molar-refractivity contribution in [3.8, 4) is 0 Å². The van der Waals surface area contributed by atoms with Crippen LogP contribution in [-0.2, 0) is 4.79 Å². The zero-order valence-corrected chi connectivity index (χ0v) is 7.62. The van der Waals surface area contributed by atoms with Gasteiger partial charge in [-0.3, -0.25) is 9.79 Å². The third kappa shape index (κ3) is 1.10. The van der Waals surface area contributed by atoms with E-state index < -0.39 is 0 Å². The maximum absolute atomic E-state index is 11.0. The second-order valence-electron chi connectivity index (χ2n) is 4.53. The Kier molecular flexibility index (Phi) is 1.49. The van der Waals surface area contributed by atoms with Crippen LogP contribution in [0.4, 0.5) is 0 Å². The molecule has 2 aliphatic carbocycles. The minimum Gasteiger partial charge on any atom is -0.313 e. The van der Waals surface area contributed by atoms with Crippen LogP contribution in [0.15, 0.2) is 4.99 Å². The molecule has 1 heterocycles. The second-order valence-corrected chi connectivity index (χ2v) is 4.53. The summed E-state index contributed by atoms with van der Waals surface area (Å²) in [5.41, 5.74) is 0. The molecule has 0 aromatic rings. The molecule has 0 spiro atoms. The lowest BCUT2D eigenvalue weighted by Crippen LogP contribution is -2.33. The quantitative estimate of drug-likeness (QED) is 0.638. The SMILES string of the molecule is O=C1CN=C(C2CC3CCC2C3)N1. The second kappa shape index (κ2) is 2.56. The highest BCUT2D eigenvalue weighted by Gasteiger charge is 2.42. The largest absolute Gasteiger partial charge is 0.313 e. The maximum Gasteiger partial charge on any atom is 0.247 e. The van der Waals surface area contributed by atoms with Crippen molar-refractivity contribution in [2.45, 2.75) is 25.7 Å². The molecule has 3 heteroatoms. The summed E-state index contributed by atoms with van der Waals surface area (Å²) in [5.74, 6) is 3.41. The molecule has 3 aliphatic rings. The van der Waals surface area contributed by atoms with Gasteiger partial charge in [-0.15, -0.1) is 0 Å². The standard InChI is InChI=1S/C10H14N2O/c13-9-5-11-10(12-9)8-4-6-1-2-7(8)3-6/h6-8H,1-5H2,(H,11,12,13). The molecule has 0 radical (unpaired) electrons. The van der Waals surface area contributed by atoms with Gasteiger partial charge in [0.2, 0.25) is 5.91 Å². The minimum atomic E-state index is 0.0813. The monoisotopic (exact) mass is 178 g/mol. The van der Waals surface area contributed by atoms with Crippen molar-refractivity contribution in [3.05, 3.63) is 0 Å². The predicted molar refractivity (Wildman–Crippen MR) is 49.4 cm³/mol. The average Bonchev–Trinajstić information content (AvgIpc) is 2.77. The van der Waals surface area contributed by atoms with Gasteiger partial charge >= 0.3 is 0 Å². The fraction of sp³-hybridized carbons (Fsp3) is 0.800. The van der Waals surface area contributed by atoms with E-state index in [1.165, 1.54) is 25.7 Å². The molecule has 1 aliphatic heterocycles. The average molecular weight is 178 g/mol. The summed E-state index contributed by atoms with van der Waals surface area (Å²) in [5, 5.41) is 2.89. The van der Waals surface area contributed by atoms with Crippen molar-refractivity contribution in [1.29, 1.82) is 0 Å². The van der Waals surface area contributed by atoms with Gasteiger partial charge in [-0.05, 0) is 31.1 Å². The first-order valence-corrected chi connectivity index (χ1v) is 5.17. The van der Waals surface area contributed by atoms with Crippen molar-refractivity contribution in [2.24, 2.45) is 22.7 Å². The third-order valence-electron chi connectivity index (χ3n) is 3.75. The van der Waals surface area contributed by atoms with Crippen LogP contribution < -0.4 is 5.32 Å². The first kappa shape index (κ1) is 7.54. The van der Waals surface area contributed by atoms with E-state index in [1.807, 2.05) is 0 Å². The van der Waals surface area contributed by atoms with Crippen LogP contribution in [0, 0.1) is 17.8 Å². The Bertz CT molecular complexity index is 285. The van der Waals surface area contributed by atoms with E-state index in [9.17, 15) is 4.79 Å². The number of carbonyl (C=O) groups is 1. The normalized spacial score (nSPS) is 42.3. The van der Waals surface area contributed by atoms with E-state index in [-0.39, 0.29) is 5.91 Å². The molecule has 3 rings (SSSR count). The number of rotatable bonds is 1. The van der Waals surface area contributed by atoms with Gasteiger partial charge in [0.1, 0.15) is 12.4 Å². The molecular formula is C10H14N2O. The number of amides is 1. The Labute approximate surface area is 77.6 Å². The highest BCUT2D eigenvalue weighted by Crippen LogP contribution is 2.48. The van der Waals surface area contributed by atoms with Crippen molar-refractivity contribution >= 4 is 11.7 Å². The zero-order chi connectivity index (χ0) is 8.84. The number of nitrogens with zero attached hydrogens (tertiary/aromatic N) is 1. The summed E-state index contributed by atoms with van der Waals surface area (Å²) in [7, 11) is 0. The summed E-state index contributed by atoms with van der Waals surface area (Å²) in [6.45, 7) is 0.364. The van der Waals surface area contributed by atoms with E-state index in [0.717, 1.165) is 17.7 Å². The number of hydrogen-bond acceptors (Lipinski definition) is 2. The summed E-state index contributed by atoms with van der Waals surface area (Å²) in [4.78, 5) is 15.3. The fourth-order valence-electron chi connectivity index (χ4n) is 3.17. The van der Waals surface area contributed by atoms with E-state index in [1.54, 1.807) is 0 Å². The van der Waals surface area contributed by atoms with Gasteiger partial charge in [-0.2, -0.15) is 0 Å². The topological polar surface area (TPSA) is 41.5 Å². The number of carbonyl (C=O) groups excluding carboxylic acids is 1. The molecule has 2 fully saturated rings. The van der Waals surface area contributed by atoms with Crippen LogP contribution in [0.5, 0.6) is 0 Å². The van der Waals surface area contributed by atoms with Gasteiger partial charge in [-0.25, -0.2) is 0 Å². The summed E-state index contributed by atoms with van der Waals surface area (Å²) in [6, 6.07) is 0. The summed E-state index contributed by atoms with van der Waals surface area (Å²) < 4.78 is 0. The van der Waals surface area contributed by atoms with Gasteiger partial charge in [0, 0.05) is 5.92 Å². The molecule has 1 N–H and O–H groups in total. The van der Waals surface area contributed by atoms with Crippen molar-refractivity contribution in [3.63, 3.8) is 0 Å². The van der Waals surface area contributed by atoms with Gasteiger partial charge in [0.25, 0.3) is 0 Å². The molecule has 2 saturated carbocycles. The first-order valence-electron chi connectivity index (χ1n) is 5.17. The molecule has 3 unspecified atom stereocenters. The van der Waals surface area contributed by atoms with Gasteiger partial charge < -0.3 is 5.32 Å². The molecule has 0 saturated heterocycles. The van der Waals surface area contributed by atoms with Crippen LogP contribution in [0.2, 0.25) is 0 Å². The Hall–Kier alpha value is -0.860. The van der Waals surface area contributed by atoms with Crippen molar-refractivity contribution in [2.75, 3.05) is 6.54 Å². The van der Waals surface area contributed by atoms with Gasteiger partial charge in [0.15, 0.2) is 0 Å². The molecule has 3 atom stereocenters. The van der Waals surface area contributed by atoms with Crippen LogP contribution in [0.25, 0.3) is 0 Å². The van der Waals surface area contributed by atoms with Crippen LogP contribution in [0.1, 0.15) is 25.7 Å². The van der Waals surface area contributed by atoms with E-state index in [2.05, 4.69) is 10.3 Å². The van der Waals surface area contributed by atoms with Crippen molar-refractivity contribution < 1.29 is 4.79 Å². The van der Waals surface area contributed by atoms with Gasteiger partial charge in [0.05, 0.1) is 0 Å². The minimum absolute atomic E-state index is 0.0813. The number of hydrogen-bond donors (Lipinski definition) is 1.